The van der Waals surface area contributed by atoms with Crippen molar-refractivity contribution in [3.8, 4) is 11.3 Å². The molecule has 1 aromatic heterocycles. The molecule has 0 saturated heterocycles. The second-order valence-electron chi connectivity index (χ2n) is 8.75. The number of fused-ring (bicyclic) bond motifs is 1. The maximum atomic E-state index is 4.98. The third-order valence-electron chi connectivity index (χ3n) is 6.20. The molecule has 3 aromatic carbocycles. The van der Waals surface area contributed by atoms with Gasteiger partial charge in [-0.1, -0.05) is 55.5 Å². The van der Waals surface area contributed by atoms with Gasteiger partial charge in [0.1, 0.15) is 11.7 Å². The quantitative estimate of drug-likeness (QED) is 0.309. The smallest absolute Gasteiger partial charge is 0.194 e. The highest BCUT2D eigenvalue weighted by Gasteiger charge is 2.17. The normalized spacial score (nSPS) is 15.4. The zero-order valence-electron chi connectivity index (χ0n) is 20.0. The van der Waals surface area contributed by atoms with Gasteiger partial charge < -0.3 is 5.32 Å². The van der Waals surface area contributed by atoms with E-state index in [9.17, 15) is 0 Å². The molecule has 5 heteroatoms. The Morgan fingerprint density at radius 2 is 1.62 bits per heavy atom. The maximum Gasteiger partial charge on any atom is 0.194 e. The summed E-state index contributed by atoms with van der Waals surface area (Å²) in [5.74, 6) is 1.62. The molecule has 0 fully saturated rings. The van der Waals surface area contributed by atoms with Crippen molar-refractivity contribution in [2.75, 3.05) is 5.32 Å². The van der Waals surface area contributed by atoms with Crippen LogP contribution in [-0.2, 0) is 0 Å². The van der Waals surface area contributed by atoms with Crippen molar-refractivity contribution in [3.63, 3.8) is 0 Å². The molecular formula is C29H28N4S. The van der Waals surface area contributed by atoms with Gasteiger partial charge in [0.2, 0.25) is 0 Å². The number of aromatic nitrogens is 2. The first-order valence-electron chi connectivity index (χ1n) is 11.7. The van der Waals surface area contributed by atoms with Crippen molar-refractivity contribution in [2.24, 2.45) is 4.99 Å². The number of nitrogens with zero attached hydrogens (tertiary/aromatic N) is 3. The zero-order chi connectivity index (χ0) is 23.7. The fourth-order valence-corrected chi connectivity index (χ4v) is 5.27. The molecule has 34 heavy (non-hydrogen) atoms. The summed E-state index contributed by atoms with van der Waals surface area (Å²) in [6.07, 6.45) is 3.11. The monoisotopic (exact) mass is 464 g/mol. The van der Waals surface area contributed by atoms with Crippen molar-refractivity contribution >= 4 is 34.2 Å². The molecule has 4 aromatic rings. The number of hydrogen-bond donors (Lipinski definition) is 1. The lowest BCUT2D eigenvalue weighted by molar-refractivity contribution is 0.756. The number of amidine groups is 1. The Balaban J connectivity index is 1.55. The Labute approximate surface area is 205 Å². The number of aryl methyl sites for hydroxylation is 2. The largest absolute Gasteiger partial charge is 0.325 e. The van der Waals surface area contributed by atoms with E-state index in [4.69, 9.17) is 15.0 Å². The van der Waals surface area contributed by atoms with Gasteiger partial charge in [-0.25, -0.2) is 9.97 Å². The van der Waals surface area contributed by atoms with Gasteiger partial charge in [-0.2, -0.15) is 0 Å². The fourth-order valence-electron chi connectivity index (χ4n) is 4.45. The highest BCUT2D eigenvalue weighted by molar-refractivity contribution is 7.99. The number of nitrogens with one attached hydrogen (secondary N) is 1. The molecule has 0 saturated carbocycles. The predicted octanol–water partition coefficient (Wildman–Crippen LogP) is 7.61. The zero-order valence-corrected chi connectivity index (χ0v) is 20.8. The van der Waals surface area contributed by atoms with Crippen LogP contribution in [-0.4, -0.2) is 21.8 Å². The van der Waals surface area contributed by atoms with Crippen LogP contribution in [0.15, 0.2) is 93.4 Å². The number of anilines is 1. The van der Waals surface area contributed by atoms with E-state index in [1.165, 1.54) is 27.5 Å². The highest BCUT2D eigenvalue weighted by atomic mass is 32.2. The molecule has 1 unspecified atom stereocenters. The second kappa shape index (κ2) is 9.43. The van der Waals surface area contributed by atoms with Crippen molar-refractivity contribution in [1.82, 2.24) is 9.97 Å². The first-order chi connectivity index (χ1) is 16.5. The van der Waals surface area contributed by atoms with Gasteiger partial charge >= 0.3 is 0 Å². The Kier molecular flexibility index (Phi) is 6.20. The van der Waals surface area contributed by atoms with Gasteiger partial charge in [0.05, 0.1) is 11.7 Å². The van der Waals surface area contributed by atoms with E-state index in [0.29, 0.717) is 5.16 Å². The van der Waals surface area contributed by atoms with Crippen LogP contribution in [0.1, 0.15) is 31.4 Å². The average Bonchev–Trinajstić information content (AvgIpc) is 3.17. The standard InChI is InChI=1S/C29H28N4S/c1-5-24-20(4)15-26(30-24)32-27-17-25(28-18(2)9-8-10-19(28)3)31-29(33-27)34-23-14-13-21-11-6-7-12-22(21)16-23/h6-17,24H,5H2,1-4H3,(H,30,31,32,33). The summed E-state index contributed by atoms with van der Waals surface area (Å²) in [5, 5.41) is 6.60. The van der Waals surface area contributed by atoms with Gasteiger partial charge in [-0.15, -0.1) is 0 Å². The topological polar surface area (TPSA) is 50.2 Å². The SMILES string of the molecule is CCC1N=C(Nc2cc(-c3c(C)cccc3C)nc(Sc3ccc4ccccc4c3)n2)C=C1C. The summed E-state index contributed by atoms with van der Waals surface area (Å²) in [6, 6.07) is 23.5. The van der Waals surface area contributed by atoms with Crippen LogP contribution in [0.2, 0.25) is 0 Å². The van der Waals surface area contributed by atoms with Gasteiger partial charge in [0, 0.05) is 16.5 Å². The average molecular weight is 465 g/mol. The minimum atomic E-state index is 0.244. The Hall–Kier alpha value is -3.44. The van der Waals surface area contributed by atoms with Crippen LogP contribution in [0.5, 0.6) is 0 Å². The predicted molar refractivity (Wildman–Crippen MR) is 144 cm³/mol. The molecule has 2 heterocycles. The van der Waals surface area contributed by atoms with Crippen LogP contribution < -0.4 is 5.32 Å². The van der Waals surface area contributed by atoms with Crippen molar-refractivity contribution < 1.29 is 0 Å². The fraction of sp³-hybridized carbons (Fsp3) is 0.207. The minimum Gasteiger partial charge on any atom is -0.325 e. The lowest BCUT2D eigenvalue weighted by Crippen LogP contribution is -2.10. The van der Waals surface area contributed by atoms with E-state index in [2.05, 4.69) is 99.8 Å². The Morgan fingerprint density at radius 1 is 0.853 bits per heavy atom. The molecule has 1 aliphatic rings. The molecular weight excluding hydrogens is 436 g/mol. The van der Waals surface area contributed by atoms with Crippen LogP contribution in [0.25, 0.3) is 22.0 Å². The molecule has 5 rings (SSSR count). The molecule has 4 nitrogen and oxygen atoms in total. The number of benzene rings is 3. The third-order valence-corrected chi connectivity index (χ3v) is 7.06. The molecule has 1 N–H and O–H groups in total. The van der Waals surface area contributed by atoms with E-state index in [1.54, 1.807) is 11.8 Å². The molecule has 0 amide bonds. The summed E-state index contributed by atoms with van der Waals surface area (Å²) >= 11 is 1.58. The van der Waals surface area contributed by atoms with Gasteiger partial charge in [0.15, 0.2) is 5.16 Å². The maximum absolute atomic E-state index is 4.98. The van der Waals surface area contributed by atoms with Gasteiger partial charge in [-0.05, 0) is 84.6 Å². The van der Waals surface area contributed by atoms with Crippen LogP contribution in [0.3, 0.4) is 0 Å². The lowest BCUT2D eigenvalue weighted by Gasteiger charge is -2.13. The number of rotatable bonds is 5. The molecule has 1 aliphatic heterocycles. The van der Waals surface area contributed by atoms with Crippen molar-refractivity contribution in [3.05, 3.63) is 89.5 Å². The van der Waals surface area contributed by atoms with Gasteiger partial charge in [0.25, 0.3) is 0 Å². The third kappa shape index (κ3) is 4.62. The number of hydrogen-bond acceptors (Lipinski definition) is 5. The highest BCUT2D eigenvalue weighted by Crippen LogP contribution is 2.33. The van der Waals surface area contributed by atoms with E-state index >= 15 is 0 Å². The molecule has 1 atom stereocenters. The van der Waals surface area contributed by atoms with Gasteiger partial charge in [-0.3, -0.25) is 4.99 Å². The first-order valence-corrected chi connectivity index (χ1v) is 12.5. The van der Waals surface area contributed by atoms with E-state index in [0.717, 1.165) is 34.2 Å². The first kappa shape index (κ1) is 22.4. The summed E-state index contributed by atoms with van der Waals surface area (Å²) in [4.78, 5) is 15.8. The van der Waals surface area contributed by atoms with E-state index in [1.807, 2.05) is 6.07 Å². The van der Waals surface area contributed by atoms with Crippen molar-refractivity contribution in [1.29, 1.82) is 0 Å². The second-order valence-corrected chi connectivity index (χ2v) is 9.79. The van der Waals surface area contributed by atoms with Crippen LogP contribution >= 0.6 is 11.8 Å². The summed E-state index contributed by atoms with van der Waals surface area (Å²) < 4.78 is 0. The molecule has 0 spiro atoms. The molecule has 0 bridgehead atoms. The van der Waals surface area contributed by atoms with Crippen molar-refractivity contribution in [2.45, 2.75) is 50.2 Å². The molecule has 0 aliphatic carbocycles. The molecule has 0 radical (unpaired) electrons. The Morgan fingerprint density at radius 3 is 2.35 bits per heavy atom. The van der Waals surface area contributed by atoms with E-state index in [-0.39, 0.29) is 6.04 Å². The van der Waals surface area contributed by atoms with Crippen LogP contribution in [0, 0.1) is 13.8 Å². The lowest BCUT2D eigenvalue weighted by atomic mass is 10.00. The van der Waals surface area contributed by atoms with Crippen LogP contribution in [0.4, 0.5) is 5.82 Å². The van der Waals surface area contributed by atoms with E-state index < -0.39 is 0 Å². The summed E-state index contributed by atoms with van der Waals surface area (Å²) in [6.45, 7) is 8.56. The minimum absolute atomic E-state index is 0.244. The molecule has 170 valence electrons. The number of aliphatic imine (C=N–C) groups is 1. The summed E-state index contributed by atoms with van der Waals surface area (Å²) in [5.41, 5.74) is 5.75. The summed E-state index contributed by atoms with van der Waals surface area (Å²) in [7, 11) is 0. The Bertz CT molecular complexity index is 1420.